The lowest BCUT2D eigenvalue weighted by Gasteiger charge is -2.14. The third kappa shape index (κ3) is 3.09. The van der Waals surface area contributed by atoms with Gasteiger partial charge >= 0.3 is 5.97 Å². The van der Waals surface area contributed by atoms with Crippen LogP contribution >= 0.6 is 0 Å². The van der Waals surface area contributed by atoms with Gasteiger partial charge in [-0.05, 0) is 31.2 Å². The van der Waals surface area contributed by atoms with Gasteiger partial charge in [0, 0.05) is 24.0 Å². The van der Waals surface area contributed by atoms with Crippen molar-refractivity contribution < 1.29 is 14.6 Å². The molecule has 6 nitrogen and oxygen atoms in total. The van der Waals surface area contributed by atoms with Gasteiger partial charge < -0.3 is 15.2 Å². The molecule has 0 amide bonds. The maximum absolute atomic E-state index is 11.4. The standard InChI is InChI=1S/C14H17N3O3/c1-3-17-9-10(8-15-17)13(14(18)19)16-11-4-6-12(20-2)7-5-11/h4-9,13,16H,3H2,1-2H3,(H,18,19). The SMILES string of the molecule is CCn1cc(C(Nc2ccc(OC)cc2)C(=O)O)cn1. The molecule has 1 heterocycles. The van der Waals surface area contributed by atoms with Crippen LogP contribution in [0.1, 0.15) is 18.5 Å². The molecule has 0 aliphatic heterocycles. The molecule has 6 heteroatoms. The van der Waals surface area contributed by atoms with Gasteiger partial charge in [-0.2, -0.15) is 5.10 Å². The second-order valence-electron chi connectivity index (χ2n) is 4.27. The topological polar surface area (TPSA) is 76.4 Å². The number of benzene rings is 1. The number of carboxylic acids is 1. The predicted octanol–water partition coefficient (Wildman–Crippen LogP) is 2.15. The van der Waals surface area contributed by atoms with E-state index in [1.807, 2.05) is 6.92 Å². The van der Waals surface area contributed by atoms with Gasteiger partial charge in [0.1, 0.15) is 5.75 Å². The minimum atomic E-state index is -0.948. The number of methoxy groups -OCH3 is 1. The summed E-state index contributed by atoms with van der Waals surface area (Å²) in [7, 11) is 1.58. The number of anilines is 1. The minimum absolute atomic E-state index is 0.621. The van der Waals surface area contributed by atoms with E-state index in [1.54, 1.807) is 48.5 Å². The van der Waals surface area contributed by atoms with Crippen molar-refractivity contribution in [2.24, 2.45) is 0 Å². The van der Waals surface area contributed by atoms with Crippen LogP contribution < -0.4 is 10.1 Å². The van der Waals surface area contributed by atoms with Crippen LogP contribution in [0, 0.1) is 0 Å². The van der Waals surface area contributed by atoms with Crippen molar-refractivity contribution in [3.63, 3.8) is 0 Å². The lowest BCUT2D eigenvalue weighted by molar-refractivity contribution is -0.138. The molecule has 2 N–H and O–H groups in total. The van der Waals surface area contributed by atoms with Gasteiger partial charge in [0.25, 0.3) is 0 Å². The zero-order valence-corrected chi connectivity index (χ0v) is 11.4. The molecular formula is C14H17N3O3. The van der Waals surface area contributed by atoms with Crippen molar-refractivity contribution in [2.75, 3.05) is 12.4 Å². The Morgan fingerprint density at radius 3 is 2.65 bits per heavy atom. The van der Waals surface area contributed by atoms with Crippen LogP contribution in [-0.2, 0) is 11.3 Å². The van der Waals surface area contributed by atoms with Crippen molar-refractivity contribution in [3.05, 3.63) is 42.2 Å². The molecule has 2 rings (SSSR count). The van der Waals surface area contributed by atoms with Gasteiger partial charge in [-0.1, -0.05) is 0 Å². The summed E-state index contributed by atoms with van der Waals surface area (Å²) >= 11 is 0. The van der Waals surface area contributed by atoms with Crippen LogP contribution in [-0.4, -0.2) is 28.0 Å². The van der Waals surface area contributed by atoms with Gasteiger partial charge in [0.2, 0.25) is 0 Å². The van der Waals surface area contributed by atoms with Gasteiger partial charge in [-0.3, -0.25) is 4.68 Å². The summed E-state index contributed by atoms with van der Waals surface area (Å²) in [6, 6.07) is 6.27. The zero-order valence-electron chi connectivity index (χ0n) is 11.4. The highest BCUT2D eigenvalue weighted by atomic mass is 16.5. The van der Waals surface area contributed by atoms with Gasteiger partial charge in [-0.25, -0.2) is 4.79 Å². The molecule has 1 aromatic carbocycles. The van der Waals surface area contributed by atoms with E-state index in [1.165, 1.54) is 0 Å². The molecule has 2 aromatic rings. The molecular weight excluding hydrogens is 258 g/mol. The third-order valence-corrected chi connectivity index (χ3v) is 2.96. The molecule has 0 aliphatic carbocycles. The van der Waals surface area contributed by atoms with Crippen molar-refractivity contribution >= 4 is 11.7 Å². The molecule has 1 aromatic heterocycles. The summed E-state index contributed by atoms with van der Waals surface area (Å²) in [5.41, 5.74) is 1.33. The van der Waals surface area contributed by atoms with E-state index in [2.05, 4.69) is 10.4 Å². The predicted molar refractivity (Wildman–Crippen MR) is 74.9 cm³/mol. The summed E-state index contributed by atoms with van der Waals surface area (Å²) in [4.78, 5) is 11.4. The smallest absolute Gasteiger partial charge is 0.330 e. The van der Waals surface area contributed by atoms with Crippen LogP contribution in [0.25, 0.3) is 0 Å². The van der Waals surface area contributed by atoms with E-state index >= 15 is 0 Å². The number of aliphatic carboxylic acids is 1. The van der Waals surface area contributed by atoms with E-state index in [9.17, 15) is 9.90 Å². The molecule has 0 saturated heterocycles. The summed E-state index contributed by atoms with van der Waals surface area (Å²) in [5.74, 6) is -0.224. The second-order valence-corrected chi connectivity index (χ2v) is 4.27. The normalized spacial score (nSPS) is 11.9. The fourth-order valence-corrected chi connectivity index (χ4v) is 1.84. The van der Waals surface area contributed by atoms with Gasteiger partial charge in [0.05, 0.1) is 13.3 Å². The first-order valence-electron chi connectivity index (χ1n) is 6.29. The number of nitrogens with zero attached hydrogens (tertiary/aromatic N) is 2. The first kappa shape index (κ1) is 13.9. The van der Waals surface area contributed by atoms with Crippen molar-refractivity contribution in [1.82, 2.24) is 9.78 Å². The number of aryl methyl sites for hydroxylation is 1. The van der Waals surface area contributed by atoms with Crippen LogP contribution in [0.5, 0.6) is 5.75 Å². The maximum Gasteiger partial charge on any atom is 0.330 e. The molecule has 20 heavy (non-hydrogen) atoms. The van der Waals surface area contributed by atoms with E-state index in [-0.39, 0.29) is 0 Å². The number of rotatable bonds is 6. The zero-order chi connectivity index (χ0) is 14.5. The lowest BCUT2D eigenvalue weighted by atomic mass is 10.1. The third-order valence-electron chi connectivity index (χ3n) is 2.96. The molecule has 0 fully saturated rings. The average molecular weight is 275 g/mol. The molecule has 1 unspecified atom stereocenters. The molecule has 1 atom stereocenters. The summed E-state index contributed by atoms with van der Waals surface area (Å²) < 4.78 is 6.76. The highest BCUT2D eigenvalue weighted by Gasteiger charge is 2.21. The van der Waals surface area contributed by atoms with Crippen molar-refractivity contribution in [1.29, 1.82) is 0 Å². The average Bonchev–Trinajstić information content (AvgIpc) is 2.93. The molecule has 0 bridgehead atoms. The summed E-state index contributed by atoms with van der Waals surface area (Å²) in [6.07, 6.45) is 3.30. The number of nitrogens with one attached hydrogen (secondary N) is 1. The highest BCUT2D eigenvalue weighted by Crippen LogP contribution is 2.21. The Labute approximate surface area is 117 Å². The fourth-order valence-electron chi connectivity index (χ4n) is 1.84. The Kier molecular flexibility index (Phi) is 4.24. The molecule has 0 aliphatic rings. The number of hydrogen-bond donors (Lipinski definition) is 2. The molecule has 0 radical (unpaired) electrons. The Bertz CT molecular complexity index is 578. The number of carboxylic acid groups (broad SMARTS) is 1. The first-order chi connectivity index (χ1) is 9.63. The highest BCUT2D eigenvalue weighted by molar-refractivity contribution is 5.79. The Hall–Kier alpha value is -2.50. The minimum Gasteiger partial charge on any atom is -0.497 e. The molecule has 0 spiro atoms. The van der Waals surface area contributed by atoms with Crippen LogP contribution in [0.15, 0.2) is 36.7 Å². The molecule has 106 valence electrons. The van der Waals surface area contributed by atoms with E-state index in [4.69, 9.17) is 4.74 Å². The number of aromatic nitrogens is 2. The Morgan fingerprint density at radius 1 is 1.45 bits per heavy atom. The van der Waals surface area contributed by atoms with E-state index in [0.29, 0.717) is 17.8 Å². The quantitative estimate of drug-likeness (QED) is 0.844. The fraction of sp³-hybridized carbons (Fsp3) is 0.286. The van der Waals surface area contributed by atoms with Crippen LogP contribution in [0.4, 0.5) is 5.69 Å². The lowest BCUT2D eigenvalue weighted by Crippen LogP contribution is -2.20. The summed E-state index contributed by atoms with van der Waals surface area (Å²) in [6.45, 7) is 2.65. The summed E-state index contributed by atoms with van der Waals surface area (Å²) in [5, 5.41) is 16.4. The second kappa shape index (κ2) is 6.10. The molecule has 0 saturated carbocycles. The largest absolute Gasteiger partial charge is 0.497 e. The van der Waals surface area contributed by atoms with Crippen molar-refractivity contribution in [2.45, 2.75) is 19.5 Å². The van der Waals surface area contributed by atoms with E-state index < -0.39 is 12.0 Å². The van der Waals surface area contributed by atoms with Crippen LogP contribution in [0.3, 0.4) is 0 Å². The monoisotopic (exact) mass is 275 g/mol. The van der Waals surface area contributed by atoms with Crippen LogP contribution in [0.2, 0.25) is 0 Å². The van der Waals surface area contributed by atoms with E-state index in [0.717, 1.165) is 5.75 Å². The van der Waals surface area contributed by atoms with Gasteiger partial charge in [0.15, 0.2) is 6.04 Å². The number of ether oxygens (including phenoxy) is 1. The number of hydrogen-bond acceptors (Lipinski definition) is 4. The number of carbonyl (C=O) groups is 1. The Morgan fingerprint density at radius 2 is 2.15 bits per heavy atom. The first-order valence-corrected chi connectivity index (χ1v) is 6.29. The maximum atomic E-state index is 11.4. The van der Waals surface area contributed by atoms with Crippen molar-refractivity contribution in [3.8, 4) is 5.75 Å². The Balaban J connectivity index is 2.18. The van der Waals surface area contributed by atoms with Gasteiger partial charge in [-0.15, -0.1) is 0 Å².